The lowest BCUT2D eigenvalue weighted by Crippen LogP contribution is -2.49. The molecular formula is C14H21BrN3O5P. The summed E-state index contributed by atoms with van der Waals surface area (Å²) in [6.07, 6.45) is 0.411. The van der Waals surface area contributed by atoms with Gasteiger partial charge in [-0.25, -0.2) is 4.79 Å². The van der Waals surface area contributed by atoms with Crippen molar-refractivity contribution in [3.05, 3.63) is 28.7 Å². The summed E-state index contributed by atoms with van der Waals surface area (Å²) in [6, 6.07) is 5.69. The van der Waals surface area contributed by atoms with Crippen LogP contribution in [-0.4, -0.2) is 29.6 Å². The first-order chi connectivity index (χ1) is 11.3. The molecule has 2 unspecified atom stereocenters. The van der Waals surface area contributed by atoms with Crippen LogP contribution in [0.2, 0.25) is 0 Å². The lowest BCUT2D eigenvalue weighted by Gasteiger charge is -2.20. The number of urea groups is 1. The molecule has 0 aliphatic heterocycles. The van der Waals surface area contributed by atoms with E-state index >= 15 is 0 Å². The van der Waals surface area contributed by atoms with Crippen LogP contribution in [0.4, 0.5) is 10.5 Å². The topological polar surface area (TPSA) is 117 Å². The SMILES string of the molecule is CC(C)CC(NC(=O)Nc1ccc(Br)cc1)C(=O)NCO[PH](=O)O. The van der Waals surface area contributed by atoms with E-state index in [-0.39, 0.29) is 5.92 Å². The van der Waals surface area contributed by atoms with Crippen molar-refractivity contribution in [1.29, 1.82) is 0 Å². The Morgan fingerprint density at radius 1 is 1.29 bits per heavy atom. The molecule has 1 aromatic rings. The molecule has 2 atom stereocenters. The van der Waals surface area contributed by atoms with E-state index < -0.39 is 33.0 Å². The van der Waals surface area contributed by atoms with E-state index in [2.05, 4.69) is 36.4 Å². The standard InChI is InChI=1S/C14H21BrN3O5P/c1-9(2)7-12(13(19)16-8-23-24(21)22)18-14(20)17-11-5-3-10(15)4-6-11/h3-6,9,12,24H,7-8H2,1-2H3,(H,16,19)(H,21,22)(H2,17,18,20). The largest absolute Gasteiger partial charge is 0.331 e. The van der Waals surface area contributed by atoms with Gasteiger partial charge in [-0.05, 0) is 36.6 Å². The zero-order valence-corrected chi connectivity index (χ0v) is 15.9. The maximum absolute atomic E-state index is 12.1. The molecule has 0 bridgehead atoms. The molecule has 10 heteroatoms. The Kier molecular flexibility index (Phi) is 8.99. The van der Waals surface area contributed by atoms with Gasteiger partial charge in [0.2, 0.25) is 5.91 Å². The van der Waals surface area contributed by atoms with Crippen molar-refractivity contribution in [2.75, 3.05) is 12.0 Å². The molecule has 4 N–H and O–H groups in total. The fourth-order valence-electron chi connectivity index (χ4n) is 1.85. The number of carbonyl (C=O) groups is 2. The smallest absolute Gasteiger partial charge is 0.319 e. The lowest BCUT2D eigenvalue weighted by atomic mass is 10.0. The first kappa shape index (κ1) is 20.6. The minimum absolute atomic E-state index is 0.159. The molecule has 0 aliphatic carbocycles. The quantitative estimate of drug-likeness (QED) is 0.379. The van der Waals surface area contributed by atoms with Crippen molar-refractivity contribution in [3.63, 3.8) is 0 Å². The number of anilines is 1. The van der Waals surface area contributed by atoms with Crippen LogP contribution in [0, 0.1) is 5.92 Å². The Hall–Kier alpha value is -1.41. The molecule has 0 aromatic heterocycles. The first-order valence-electron chi connectivity index (χ1n) is 7.24. The fraction of sp³-hybridized carbons (Fsp3) is 0.429. The van der Waals surface area contributed by atoms with E-state index in [1.54, 1.807) is 24.3 Å². The number of amides is 3. The van der Waals surface area contributed by atoms with Crippen molar-refractivity contribution in [1.82, 2.24) is 10.6 Å². The second kappa shape index (κ2) is 10.5. The van der Waals surface area contributed by atoms with Gasteiger partial charge in [-0.1, -0.05) is 29.8 Å². The Bertz CT molecular complexity index is 582. The Morgan fingerprint density at radius 2 is 1.92 bits per heavy atom. The van der Waals surface area contributed by atoms with Crippen LogP contribution in [-0.2, 0) is 13.9 Å². The van der Waals surface area contributed by atoms with Crippen molar-refractivity contribution >= 4 is 41.8 Å². The van der Waals surface area contributed by atoms with Gasteiger partial charge in [0.1, 0.15) is 12.8 Å². The van der Waals surface area contributed by atoms with Crippen LogP contribution in [0.25, 0.3) is 0 Å². The van der Waals surface area contributed by atoms with Gasteiger partial charge >= 0.3 is 14.3 Å². The van der Waals surface area contributed by atoms with Crippen molar-refractivity contribution in [3.8, 4) is 0 Å². The Morgan fingerprint density at radius 3 is 2.46 bits per heavy atom. The molecule has 0 aliphatic rings. The summed E-state index contributed by atoms with van der Waals surface area (Å²) in [5, 5.41) is 7.57. The number of halogens is 1. The molecule has 0 fully saturated rings. The van der Waals surface area contributed by atoms with Crippen molar-refractivity contribution in [2.45, 2.75) is 26.3 Å². The van der Waals surface area contributed by atoms with Gasteiger partial charge in [-0.3, -0.25) is 13.9 Å². The molecule has 0 saturated heterocycles. The van der Waals surface area contributed by atoms with E-state index in [1.807, 2.05) is 13.8 Å². The van der Waals surface area contributed by atoms with Crippen LogP contribution in [0.15, 0.2) is 28.7 Å². The van der Waals surface area contributed by atoms with Crippen LogP contribution < -0.4 is 16.0 Å². The molecule has 24 heavy (non-hydrogen) atoms. The second-order valence-electron chi connectivity index (χ2n) is 5.38. The van der Waals surface area contributed by atoms with Crippen molar-refractivity contribution in [2.24, 2.45) is 5.92 Å². The molecule has 134 valence electrons. The molecule has 0 saturated carbocycles. The van der Waals surface area contributed by atoms with E-state index in [0.29, 0.717) is 12.1 Å². The van der Waals surface area contributed by atoms with Gasteiger partial charge in [0, 0.05) is 10.2 Å². The highest BCUT2D eigenvalue weighted by Gasteiger charge is 2.21. The van der Waals surface area contributed by atoms with E-state index in [1.165, 1.54) is 0 Å². The molecule has 1 rings (SSSR count). The zero-order valence-electron chi connectivity index (χ0n) is 13.3. The minimum Gasteiger partial charge on any atom is -0.331 e. The number of benzene rings is 1. The van der Waals surface area contributed by atoms with E-state index in [0.717, 1.165) is 4.47 Å². The number of nitrogens with one attached hydrogen (secondary N) is 3. The van der Waals surface area contributed by atoms with Crippen LogP contribution in [0.3, 0.4) is 0 Å². The summed E-state index contributed by atoms with van der Waals surface area (Å²) in [4.78, 5) is 32.7. The van der Waals surface area contributed by atoms with Gasteiger partial charge in [-0.2, -0.15) is 0 Å². The number of hydrogen-bond acceptors (Lipinski definition) is 4. The van der Waals surface area contributed by atoms with E-state index in [9.17, 15) is 14.2 Å². The minimum atomic E-state index is -3.11. The molecule has 0 heterocycles. The number of carbonyl (C=O) groups excluding carboxylic acids is 2. The average Bonchev–Trinajstić information content (AvgIpc) is 2.48. The predicted molar refractivity (Wildman–Crippen MR) is 94.9 cm³/mol. The second-order valence-corrected chi connectivity index (χ2v) is 7.12. The fourth-order valence-corrected chi connectivity index (χ4v) is 2.31. The summed E-state index contributed by atoms with van der Waals surface area (Å²) in [5.41, 5.74) is 0.585. The number of hydrogen-bond donors (Lipinski definition) is 4. The van der Waals surface area contributed by atoms with Crippen LogP contribution in [0.5, 0.6) is 0 Å². The summed E-state index contributed by atoms with van der Waals surface area (Å²) >= 11 is 3.30. The predicted octanol–water partition coefficient (Wildman–Crippen LogP) is 2.46. The Labute approximate surface area is 149 Å². The highest BCUT2D eigenvalue weighted by atomic mass is 79.9. The molecule has 0 radical (unpaired) electrons. The maximum atomic E-state index is 12.1. The zero-order chi connectivity index (χ0) is 18.1. The van der Waals surface area contributed by atoms with Gasteiger partial charge in [0.25, 0.3) is 0 Å². The summed E-state index contributed by atoms with van der Waals surface area (Å²) < 4.78 is 15.8. The third kappa shape index (κ3) is 8.44. The Balaban J connectivity index is 2.60. The van der Waals surface area contributed by atoms with Gasteiger partial charge in [0.15, 0.2) is 0 Å². The third-order valence-electron chi connectivity index (χ3n) is 2.87. The third-order valence-corrected chi connectivity index (χ3v) is 3.79. The van der Waals surface area contributed by atoms with Crippen LogP contribution in [0.1, 0.15) is 20.3 Å². The molecule has 3 amide bonds. The highest BCUT2D eigenvalue weighted by Crippen LogP contribution is 2.14. The van der Waals surface area contributed by atoms with Crippen LogP contribution >= 0.6 is 24.2 Å². The normalized spacial score (nSPS) is 13.2. The molecule has 8 nitrogen and oxygen atoms in total. The summed E-state index contributed by atoms with van der Waals surface area (Å²) in [6.45, 7) is 3.44. The lowest BCUT2D eigenvalue weighted by molar-refractivity contribution is -0.124. The van der Waals surface area contributed by atoms with Gasteiger partial charge < -0.3 is 20.8 Å². The first-order valence-corrected chi connectivity index (χ1v) is 9.30. The van der Waals surface area contributed by atoms with Crippen molar-refractivity contribution < 1.29 is 23.6 Å². The summed E-state index contributed by atoms with van der Waals surface area (Å²) in [7, 11) is -3.11. The van der Waals surface area contributed by atoms with Gasteiger partial charge in [-0.15, -0.1) is 0 Å². The van der Waals surface area contributed by atoms with Gasteiger partial charge in [0.05, 0.1) is 0 Å². The van der Waals surface area contributed by atoms with E-state index in [4.69, 9.17) is 4.89 Å². The molecule has 1 aromatic carbocycles. The average molecular weight is 422 g/mol. The number of rotatable bonds is 8. The maximum Gasteiger partial charge on any atom is 0.319 e. The molecular weight excluding hydrogens is 401 g/mol. The summed E-state index contributed by atoms with van der Waals surface area (Å²) in [5.74, 6) is -0.329. The molecule has 0 spiro atoms. The highest BCUT2D eigenvalue weighted by molar-refractivity contribution is 9.10. The monoisotopic (exact) mass is 421 g/mol.